The monoisotopic (exact) mass is 673 g/mol. The number of ketones is 1. The molecular weight excluding hydrogens is 600 g/mol. The van der Waals surface area contributed by atoms with Crippen LogP contribution in [-0.2, 0) is 23.9 Å². The maximum atomic E-state index is 12.2. The third-order valence-corrected chi connectivity index (χ3v) is 8.35. The molecule has 0 heterocycles. The first-order valence-electron chi connectivity index (χ1n) is 19.6. The van der Waals surface area contributed by atoms with E-state index in [4.69, 9.17) is 9.47 Å². The third-order valence-electron chi connectivity index (χ3n) is 8.35. The molecule has 0 aliphatic rings. The minimum Gasteiger partial charge on any atom is -0.462 e. The van der Waals surface area contributed by atoms with E-state index < -0.39 is 18.7 Å². The third kappa shape index (κ3) is 34.9. The van der Waals surface area contributed by atoms with Crippen LogP contribution in [0.3, 0.4) is 0 Å². The van der Waals surface area contributed by atoms with E-state index in [2.05, 4.69) is 38.2 Å². The summed E-state index contributed by atoms with van der Waals surface area (Å²) < 4.78 is 10.5. The fraction of sp³-hybridized carbons (Fsp3) is 0.738. The van der Waals surface area contributed by atoms with Gasteiger partial charge in [0, 0.05) is 19.3 Å². The summed E-state index contributed by atoms with van der Waals surface area (Å²) >= 11 is 0. The minimum atomic E-state index is -0.860. The van der Waals surface area contributed by atoms with E-state index in [1.807, 2.05) is 12.2 Å². The maximum Gasteiger partial charge on any atom is 0.306 e. The lowest BCUT2D eigenvalue weighted by Gasteiger charge is -2.15. The SMILES string of the molecule is CCCCC/C=C\C/C=C\C/C=C\C=C\C(=O)CCCC(=O)OC[C@H](CO)OC(=O)CCCCCCCCCCCCCCCCCC. The van der Waals surface area contributed by atoms with Crippen molar-refractivity contribution in [3.63, 3.8) is 0 Å². The van der Waals surface area contributed by atoms with Crippen LogP contribution in [0.1, 0.15) is 181 Å². The molecule has 0 aromatic carbocycles. The second-order valence-electron chi connectivity index (χ2n) is 13.0. The van der Waals surface area contributed by atoms with Gasteiger partial charge in [-0.2, -0.15) is 0 Å². The Hall–Kier alpha value is -2.47. The maximum absolute atomic E-state index is 12.2. The molecule has 0 aliphatic carbocycles. The Bertz CT molecular complexity index is 871. The lowest BCUT2D eigenvalue weighted by molar-refractivity contribution is -0.161. The first-order chi connectivity index (χ1) is 23.5. The average Bonchev–Trinajstić information content (AvgIpc) is 3.08. The van der Waals surface area contributed by atoms with Crippen molar-refractivity contribution in [2.45, 2.75) is 187 Å². The number of aliphatic hydroxyl groups is 1. The van der Waals surface area contributed by atoms with E-state index in [-0.39, 0.29) is 31.2 Å². The summed E-state index contributed by atoms with van der Waals surface area (Å²) in [5.41, 5.74) is 0. The summed E-state index contributed by atoms with van der Waals surface area (Å²) in [4.78, 5) is 36.2. The van der Waals surface area contributed by atoms with E-state index in [0.717, 1.165) is 38.5 Å². The molecule has 1 N–H and O–H groups in total. The topological polar surface area (TPSA) is 89.9 Å². The first-order valence-corrected chi connectivity index (χ1v) is 19.6. The first kappa shape index (κ1) is 45.5. The molecule has 48 heavy (non-hydrogen) atoms. The molecule has 0 radical (unpaired) electrons. The van der Waals surface area contributed by atoms with Gasteiger partial charge in [-0.15, -0.1) is 0 Å². The fourth-order valence-electron chi connectivity index (χ4n) is 5.33. The number of ether oxygens (including phenoxy) is 2. The molecule has 0 aliphatic heterocycles. The summed E-state index contributed by atoms with van der Waals surface area (Å²) in [6.07, 6.45) is 43.1. The number of hydrogen-bond donors (Lipinski definition) is 1. The molecule has 0 fully saturated rings. The largest absolute Gasteiger partial charge is 0.462 e. The van der Waals surface area contributed by atoms with Crippen LogP contribution in [0, 0.1) is 0 Å². The number of allylic oxidation sites excluding steroid dienone is 8. The van der Waals surface area contributed by atoms with Crippen molar-refractivity contribution in [2.24, 2.45) is 0 Å². The molecule has 0 aromatic heterocycles. The second kappa shape index (κ2) is 37.4. The van der Waals surface area contributed by atoms with E-state index in [1.54, 1.807) is 6.08 Å². The smallest absolute Gasteiger partial charge is 0.306 e. The number of carbonyl (C=O) groups excluding carboxylic acids is 3. The van der Waals surface area contributed by atoms with Crippen molar-refractivity contribution < 1.29 is 29.0 Å². The van der Waals surface area contributed by atoms with Gasteiger partial charge in [-0.25, -0.2) is 0 Å². The molecule has 0 saturated carbocycles. The van der Waals surface area contributed by atoms with Crippen molar-refractivity contribution >= 4 is 17.7 Å². The molecule has 0 spiro atoms. The predicted octanol–water partition coefficient (Wildman–Crippen LogP) is 11.4. The van der Waals surface area contributed by atoms with Gasteiger partial charge in [0.25, 0.3) is 0 Å². The van der Waals surface area contributed by atoms with Gasteiger partial charge in [0.15, 0.2) is 11.9 Å². The zero-order chi connectivity index (χ0) is 35.2. The Morgan fingerprint density at radius 3 is 1.62 bits per heavy atom. The minimum absolute atomic E-state index is 0.0487. The summed E-state index contributed by atoms with van der Waals surface area (Å²) in [5.74, 6) is -0.891. The summed E-state index contributed by atoms with van der Waals surface area (Å²) in [6, 6.07) is 0. The van der Waals surface area contributed by atoms with Crippen molar-refractivity contribution in [2.75, 3.05) is 13.2 Å². The van der Waals surface area contributed by atoms with Gasteiger partial charge in [0.1, 0.15) is 6.61 Å². The number of unbranched alkanes of at least 4 members (excludes halogenated alkanes) is 18. The molecule has 0 aromatic rings. The molecule has 0 unspecified atom stereocenters. The summed E-state index contributed by atoms with van der Waals surface area (Å²) in [6.45, 7) is 3.90. The standard InChI is InChI=1S/C42H72O6/c1-3-5-7-9-11-13-15-17-18-19-21-23-25-27-29-31-35-42(46)48-40(37-43)38-47-41(45)36-32-34-39(44)33-30-28-26-24-22-20-16-14-12-10-8-6-4-2/h12,14,20,22,26,28,30,33,40,43H,3-11,13,15-19,21,23-25,27,29,31-32,34-38H2,1-2H3/b14-12-,22-20-,28-26-,33-30+/t40-/m0/s1. The van der Waals surface area contributed by atoms with Crippen molar-refractivity contribution in [1.82, 2.24) is 0 Å². The molecule has 0 rings (SSSR count). The van der Waals surface area contributed by atoms with Crippen LogP contribution < -0.4 is 0 Å². The predicted molar refractivity (Wildman–Crippen MR) is 201 cm³/mol. The molecular formula is C42H72O6. The van der Waals surface area contributed by atoms with Crippen LogP contribution in [0.5, 0.6) is 0 Å². The zero-order valence-corrected chi connectivity index (χ0v) is 31.0. The second-order valence-corrected chi connectivity index (χ2v) is 13.0. The van der Waals surface area contributed by atoms with Crippen molar-refractivity contribution in [3.05, 3.63) is 48.6 Å². The normalized spacial score (nSPS) is 12.6. The molecule has 0 amide bonds. The number of esters is 2. The highest BCUT2D eigenvalue weighted by Gasteiger charge is 2.16. The van der Waals surface area contributed by atoms with Gasteiger partial charge in [0.2, 0.25) is 0 Å². The van der Waals surface area contributed by atoms with Gasteiger partial charge in [-0.1, -0.05) is 166 Å². The highest BCUT2D eigenvalue weighted by Crippen LogP contribution is 2.14. The van der Waals surface area contributed by atoms with Crippen LogP contribution in [0.4, 0.5) is 0 Å². The van der Waals surface area contributed by atoms with Gasteiger partial charge < -0.3 is 14.6 Å². The molecule has 276 valence electrons. The Labute approximate surface area is 294 Å². The van der Waals surface area contributed by atoms with E-state index in [1.165, 1.54) is 109 Å². The van der Waals surface area contributed by atoms with Crippen LogP contribution in [0.25, 0.3) is 0 Å². The number of carbonyl (C=O) groups is 3. The number of hydrogen-bond acceptors (Lipinski definition) is 6. The Morgan fingerprint density at radius 1 is 0.542 bits per heavy atom. The highest BCUT2D eigenvalue weighted by molar-refractivity contribution is 5.90. The number of rotatable bonds is 35. The lowest BCUT2D eigenvalue weighted by Crippen LogP contribution is -2.28. The summed E-state index contributed by atoms with van der Waals surface area (Å²) in [5, 5.41) is 9.53. The quantitative estimate of drug-likeness (QED) is 0.0237. The molecule has 0 saturated heterocycles. The van der Waals surface area contributed by atoms with Gasteiger partial charge in [0.05, 0.1) is 6.61 Å². The van der Waals surface area contributed by atoms with Gasteiger partial charge in [-0.3, -0.25) is 14.4 Å². The van der Waals surface area contributed by atoms with Crippen molar-refractivity contribution in [3.8, 4) is 0 Å². The average molecular weight is 673 g/mol. The number of aliphatic hydroxyl groups excluding tert-OH is 1. The summed E-state index contributed by atoms with van der Waals surface area (Å²) in [7, 11) is 0. The lowest BCUT2D eigenvalue weighted by atomic mass is 10.0. The van der Waals surface area contributed by atoms with E-state index in [0.29, 0.717) is 12.8 Å². The highest BCUT2D eigenvalue weighted by atomic mass is 16.6. The van der Waals surface area contributed by atoms with Crippen LogP contribution in [-0.4, -0.2) is 42.1 Å². The zero-order valence-electron chi connectivity index (χ0n) is 31.0. The fourth-order valence-corrected chi connectivity index (χ4v) is 5.33. The van der Waals surface area contributed by atoms with Gasteiger partial charge in [-0.05, 0) is 44.6 Å². The van der Waals surface area contributed by atoms with Crippen LogP contribution in [0.2, 0.25) is 0 Å². The van der Waals surface area contributed by atoms with Crippen LogP contribution in [0.15, 0.2) is 48.6 Å². The Morgan fingerprint density at radius 2 is 1.04 bits per heavy atom. The van der Waals surface area contributed by atoms with E-state index in [9.17, 15) is 19.5 Å². The molecule has 6 nitrogen and oxygen atoms in total. The Kier molecular flexibility index (Phi) is 35.4. The molecule has 6 heteroatoms. The van der Waals surface area contributed by atoms with Crippen LogP contribution >= 0.6 is 0 Å². The molecule has 0 bridgehead atoms. The Balaban J connectivity index is 3.75. The van der Waals surface area contributed by atoms with E-state index >= 15 is 0 Å². The molecule has 1 atom stereocenters. The van der Waals surface area contributed by atoms with Crippen molar-refractivity contribution in [1.29, 1.82) is 0 Å². The van der Waals surface area contributed by atoms with Gasteiger partial charge >= 0.3 is 11.9 Å².